The van der Waals surface area contributed by atoms with Gasteiger partial charge in [-0.1, -0.05) is 0 Å². The average molecular weight is 372 g/mol. The Kier molecular flexibility index (Phi) is 3.19. The van der Waals surface area contributed by atoms with E-state index in [-0.39, 0.29) is 0 Å². The molecule has 0 saturated heterocycles. The van der Waals surface area contributed by atoms with Crippen LogP contribution in [0.4, 0.5) is 0 Å². The van der Waals surface area contributed by atoms with Crippen LogP contribution in [0.2, 0.25) is 0 Å². The molecule has 0 N–H and O–H groups in total. The Balaban J connectivity index is 1.96. The molecular formula is C16H14BrN5O. The van der Waals surface area contributed by atoms with Crippen LogP contribution in [0.1, 0.15) is 23.7 Å². The van der Waals surface area contributed by atoms with Crippen molar-refractivity contribution >= 4 is 28.0 Å². The zero-order valence-electron chi connectivity index (χ0n) is 12.5. The summed E-state index contributed by atoms with van der Waals surface area (Å²) in [5.41, 5.74) is 3.13. The molecule has 0 bridgehead atoms. The second kappa shape index (κ2) is 5.13. The molecule has 0 aromatic carbocycles. The van der Waals surface area contributed by atoms with Gasteiger partial charge in [0.25, 0.3) is 0 Å². The van der Waals surface area contributed by atoms with Crippen LogP contribution < -0.4 is 0 Å². The number of rotatable bonds is 2. The lowest BCUT2D eigenvalue weighted by Gasteiger charge is -2.42. The van der Waals surface area contributed by atoms with Crippen molar-refractivity contribution in [1.29, 1.82) is 0 Å². The van der Waals surface area contributed by atoms with Gasteiger partial charge in [-0.25, -0.2) is 9.50 Å². The van der Waals surface area contributed by atoms with E-state index in [0.29, 0.717) is 6.54 Å². The Labute approximate surface area is 141 Å². The molecule has 4 rings (SSSR count). The molecule has 3 aromatic heterocycles. The van der Waals surface area contributed by atoms with Gasteiger partial charge in [-0.2, -0.15) is 5.10 Å². The monoisotopic (exact) mass is 371 g/mol. The van der Waals surface area contributed by atoms with Crippen LogP contribution in [0, 0.1) is 0 Å². The molecule has 3 aromatic rings. The highest BCUT2D eigenvalue weighted by Crippen LogP contribution is 2.39. The second-order valence-electron chi connectivity index (χ2n) is 5.76. The Hall–Kier alpha value is -2.28. The average Bonchev–Trinajstić information content (AvgIpc) is 2.99. The predicted octanol–water partition coefficient (Wildman–Crippen LogP) is 2.16. The third-order valence-corrected chi connectivity index (χ3v) is 4.94. The molecule has 7 heteroatoms. The molecule has 1 amide bonds. The van der Waals surface area contributed by atoms with Gasteiger partial charge in [0, 0.05) is 37.4 Å². The first-order valence-electron chi connectivity index (χ1n) is 7.30. The molecule has 0 saturated carbocycles. The molecule has 23 heavy (non-hydrogen) atoms. The maximum Gasteiger partial charge on any atom is 0.210 e. The predicted molar refractivity (Wildman–Crippen MR) is 87.9 cm³/mol. The number of amides is 1. The number of hydrogen-bond donors (Lipinski definition) is 0. The minimum Gasteiger partial charge on any atom is -0.330 e. The van der Waals surface area contributed by atoms with E-state index in [1.807, 2.05) is 31.5 Å². The first-order valence-corrected chi connectivity index (χ1v) is 8.09. The minimum atomic E-state index is -0.627. The van der Waals surface area contributed by atoms with Crippen molar-refractivity contribution < 1.29 is 4.79 Å². The van der Waals surface area contributed by atoms with E-state index in [4.69, 9.17) is 0 Å². The van der Waals surface area contributed by atoms with Crippen molar-refractivity contribution in [1.82, 2.24) is 24.5 Å². The molecule has 6 nitrogen and oxygen atoms in total. The maximum absolute atomic E-state index is 11.7. The van der Waals surface area contributed by atoms with Gasteiger partial charge in [0.2, 0.25) is 6.41 Å². The first-order chi connectivity index (χ1) is 11.1. The molecule has 1 aliphatic heterocycles. The van der Waals surface area contributed by atoms with Crippen molar-refractivity contribution in [3.05, 3.63) is 58.2 Å². The number of aromatic nitrogens is 4. The third-order valence-electron chi connectivity index (χ3n) is 4.53. The van der Waals surface area contributed by atoms with Crippen molar-refractivity contribution in [2.45, 2.75) is 18.9 Å². The highest BCUT2D eigenvalue weighted by molar-refractivity contribution is 9.10. The van der Waals surface area contributed by atoms with E-state index in [1.165, 1.54) is 0 Å². The van der Waals surface area contributed by atoms with Crippen molar-refractivity contribution in [2.24, 2.45) is 0 Å². The number of halogens is 1. The lowest BCUT2D eigenvalue weighted by atomic mass is 9.81. The van der Waals surface area contributed by atoms with Gasteiger partial charge >= 0.3 is 0 Å². The second-order valence-corrected chi connectivity index (χ2v) is 6.67. The van der Waals surface area contributed by atoms with Crippen LogP contribution in [-0.4, -0.2) is 37.4 Å². The standard InChI is InChI=1S/C16H14BrN5O/c1-16(14-6-15-19-8-12(17)9-22(15)20-14)13-2-4-18-7-11(13)3-5-21(16)10-23/h2,4,6-10H,3,5H2,1H3. The molecule has 1 unspecified atom stereocenters. The number of carbonyl (C=O) groups excluding carboxylic acids is 1. The fourth-order valence-electron chi connectivity index (χ4n) is 3.26. The summed E-state index contributed by atoms with van der Waals surface area (Å²) >= 11 is 3.40. The van der Waals surface area contributed by atoms with E-state index in [9.17, 15) is 4.79 Å². The van der Waals surface area contributed by atoms with Crippen LogP contribution in [0.3, 0.4) is 0 Å². The highest BCUT2D eigenvalue weighted by atomic mass is 79.9. The summed E-state index contributed by atoms with van der Waals surface area (Å²) in [7, 11) is 0. The number of pyridine rings is 1. The van der Waals surface area contributed by atoms with Gasteiger partial charge in [-0.15, -0.1) is 0 Å². The van der Waals surface area contributed by atoms with E-state index < -0.39 is 5.54 Å². The van der Waals surface area contributed by atoms with Gasteiger partial charge in [-0.05, 0) is 46.5 Å². The van der Waals surface area contributed by atoms with Gasteiger partial charge in [0.1, 0.15) is 5.54 Å². The fraction of sp³-hybridized carbons (Fsp3) is 0.250. The summed E-state index contributed by atoms with van der Waals surface area (Å²) < 4.78 is 2.58. The zero-order chi connectivity index (χ0) is 16.0. The SMILES string of the molecule is CC1(c2cc3ncc(Br)cn3n2)c2ccncc2CCN1C=O. The van der Waals surface area contributed by atoms with E-state index >= 15 is 0 Å². The topological polar surface area (TPSA) is 63.4 Å². The molecule has 0 spiro atoms. The molecule has 1 atom stereocenters. The quantitative estimate of drug-likeness (QED) is 0.647. The summed E-state index contributed by atoms with van der Waals surface area (Å²) in [6.45, 7) is 2.67. The number of carbonyl (C=O) groups is 1. The number of fused-ring (bicyclic) bond motifs is 2. The first kappa shape index (κ1) is 14.3. The minimum absolute atomic E-state index is 0.627. The largest absolute Gasteiger partial charge is 0.330 e. The highest BCUT2D eigenvalue weighted by Gasteiger charge is 2.41. The number of nitrogens with zero attached hydrogens (tertiary/aromatic N) is 5. The summed E-state index contributed by atoms with van der Waals surface area (Å²) in [5.74, 6) is 0. The Morgan fingerprint density at radius 3 is 3.09 bits per heavy atom. The summed E-state index contributed by atoms with van der Waals surface area (Å²) in [4.78, 5) is 22.1. The van der Waals surface area contributed by atoms with Gasteiger partial charge in [0.05, 0.1) is 10.2 Å². The van der Waals surface area contributed by atoms with Crippen molar-refractivity contribution in [3.8, 4) is 0 Å². The smallest absolute Gasteiger partial charge is 0.210 e. The molecule has 0 aliphatic carbocycles. The Morgan fingerprint density at radius 2 is 2.26 bits per heavy atom. The van der Waals surface area contributed by atoms with Crippen molar-refractivity contribution in [2.75, 3.05) is 6.54 Å². The molecule has 0 radical (unpaired) electrons. The fourth-order valence-corrected chi connectivity index (χ4v) is 3.55. The number of hydrogen-bond acceptors (Lipinski definition) is 4. The molecule has 1 aliphatic rings. The summed E-state index contributed by atoms with van der Waals surface area (Å²) in [5, 5.41) is 4.67. The van der Waals surface area contributed by atoms with Crippen LogP contribution in [0.5, 0.6) is 0 Å². The van der Waals surface area contributed by atoms with E-state index in [0.717, 1.165) is 39.8 Å². The van der Waals surface area contributed by atoms with E-state index in [2.05, 4.69) is 31.0 Å². The van der Waals surface area contributed by atoms with Crippen LogP contribution >= 0.6 is 15.9 Å². The zero-order valence-corrected chi connectivity index (χ0v) is 14.1. The molecule has 0 fully saturated rings. The van der Waals surface area contributed by atoms with Crippen LogP contribution in [0.25, 0.3) is 5.65 Å². The molecule has 4 heterocycles. The van der Waals surface area contributed by atoms with Gasteiger partial charge < -0.3 is 4.90 Å². The maximum atomic E-state index is 11.7. The normalized spacial score (nSPS) is 20.5. The Morgan fingerprint density at radius 1 is 1.39 bits per heavy atom. The molecular weight excluding hydrogens is 358 g/mol. The van der Waals surface area contributed by atoms with Crippen LogP contribution in [-0.2, 0) is 16.8 Å². The van der Waals surface area contributed by atoms with Crippen LogP contribution in [0.15, 0.2) is 41.4 Å². The summed E-state index contributed by atoms with van der Waals surface area (Å²) in [6.07, 6.45) is 8.93. The van der Waals surface area contributed by atoms with Gasteiger partial charge in [0.15, 0.2) is 5.65 Å². The summed E-state index contributed by atoms with van der Waals surface area (Å²) in [6, 6.07) is 3.90. The lowest BCUT2D eigenvalue weighted by Crippen LogP contribution is -2.49. The molecule has 116 valence electrons. The lowest BCUT2D eigenvalue weighted by molar-refractivity contribution is -0.123. The van der Waals surface area contributed by atoms with E-state index in [1.54, 1.807) is 21.8 Å². The third kappa shape index (κ3) is 2.07. The van der Waals surface area contributed by atoms with Crippen molar-refractivity contribution in [3.63, 3.8) is 0 Å². The Bertz CT molecular complexity index is 908. The van der Waals surface area contributed by atoms with Gasteiger partial charge in [-0.3, -0.25) is 9.78 Å².